The van der Waals surface area contributed by atoms with Crippen LogP contribution >= 0.6 is 23.1 Å². The molecular formula is C23H28N4O2S2. The molecule has 3 aliphatic carbocycles. The van der Waals surface area contributed by atoms with Gasteiger partial charge in [-0.25, -0.2) is 4.98 Å². The van der Waals surface area contributed by atoms with Crippen molar-refractivity contribution >= 4 is 39.2 Å². The van der Waals surface area contributed by atoms with Crippen LogP contribution in [-0.2, 0) is 17.6 Å². The van der Waals surface area contributed by atoms with Gasteiger partial charge in [-0.15, -0.1) is 11.3 Å². The second-order valence-corrected chi connectivity index (χ2v) is 11.2. The number of carbonyl (C=O) groups is 1. The fourth-order valence-corrected chi connectivity index (χ4v) is 7.63. The number of hydrogen-bond donors (Lipinski definition) is 1. The Labute approximate surface area is 190 Å². The molecule has 0 bridgehead atoms. The van der Waals surface area contributed by atoms with Crippen molar-refractivity contribution in [2.24, 2.45) is 0 Å². The van der Waals surface area contributed by atoms with Gasteiger partial charge in [0.05, 0.1) is 17.2 Å². The van der Waals surface area contributed by atoms with Gasteiger partial charge in [0, 0.05) is 10.9 Å². The van der Waals surface area contributed by atoms with Crippen molar-refractivity contribution in [1.82, 2.24) is 14.9 Å². The molecular weight excluding hydrogens is 428 g/mol. The number of amides is 1. The van der Waals surface area contributed by atoms with Crippen LogP contribution in [0.15, 0.2) is 9.95 Å². The predicted molar refractivity (Wildman–Crippen MR) is 124 cm³/mol. The van der Waals surface area contributed by atoms with Crippen molar-refractivity contribution < 1.29 is 4.79 Å². The minimum absolute atomic E-state index is 0.0866. The molecule has 2 heterocycles. The minimum atomic E-state index is -0.715. The van der Waals surface area contributed by atoms with Crippen LogP contribution in [0.2, 0.25) is 0 Å². The molecule has 5 rings (SSSR count). The topological polar surface area (TPSA) is 87.8 Å². The van der Waals surface area contributed by atoms with Gasteiger partial charge < -0.3 is 5.32 Å². The van der Waals surface area contributed by atoms with Gasteiger partial charge in [0.2, 0.25) is 5.91 Å². The highest BCUT2D eigenvalue weighted by Crippen LogP contribution is 2.37. The van der Waals surface area contributed by atoms with E-state index in [2.05, 4.69) is 11.4 Å². The zero-order valence-electron chi connectivity index (χ0n) is 17.7. The number of carbonyl (C=O) groups excluding carboxylic acids is 1. The monoisotopic (exact) mass is 456 g/mol. The second-order valence-electron chi connectivity index (χ2n) is 9.14. The third-order valence-corrected chi connectivity index (χ3v) is 9.20. The first-order valence-electron chi connectivity index (χ1n) is 11.5. The van der Waals surface area contributed by atoms with E-state index in [0.717, 1.165) is 80.8 Å². The smallest absolute Gasteiger partial charge is 0.263 e. The molecule has 0 aromatic carbocycles. The molecule has 0 saturated heterocycles. The molecule has 2 saturated carbocycles. The van der Waals surface area contributed by atoms with Crippen molar-refractivity contribution in [3.8, 4) is 6.07 Å². The largest absolute Gasteiger partial charge is 0.337 e. The number of nitrogens with zero attached hydrogens (tertiary/aromatic N) is 3. The third kappa shape index (κ3) is 3.91. The molecule has 2 aromatic rings. The molecule has 0 atom stereocenters. The van der Waals surface area contributed by atoms with Gasteiger partial charge in [-0.3, -0.25) is 14.2 Å². The molecule has 31 heavy (non-hydrogen) atoms. The summed E-state index contributed by atoms with van der Waals surface area (Å²) in [7, 11) is 0. The summed E-state index contributed by atoms with van der Waals surface area (Å²) < 4.78 is 1.89. The molecule has 0 spiro atoms. The van der Waals surface area contributed by atoms with Gasteiger partial charge in [0.25, 0.3) is 5.56 Å². The Bertz CT molecular complexity index is 1100. The van der Waals surface area contributed by atoms with Gasteiger partial charge in [0.15, 0.2) is 5.16 Å². The lowest BCUT2D eigenvalue weighted by molar-refractivity contribution is -0.119. The summed E-state index contributed by atoms with van der Waals surface area (Å²) >= 11 is 3.01. The summed E-state index contributed by atoms with van der Waals surface area (Å²) in [6.07, 6.45) is 12.0. The van der Waals surface area contributed by atoms with Crippen LogP contribution in [0, 0.1) is 11.3 Å². The van der Waals surface area contributed by atoms with Gasteiger partial charge in [-0.2, -0.15) is 5.26 Å². The average Bonchev–Trinajstić information content (AvgIpc) is 3.52. The first kappa shape index (κ1) is 21.0. The predicted octanol–water partition coefficient (Wildman–Crippen LogP) is 4.50. The Morgan fingerprint density at radius 1 is 1.19 bits per heavy atom. The Balaban J connectivity index is 1.46. The maximum Gasteiger partial charge on any atom is 0.263 e. The first-order chi connectivity index (χ1) is 15.1. The molecule has 0 aliphatic heterocycles. The van der Waals surface area contributed by atoms with E-state index in [-0.39, 0.29) is 23.3 Å². The second kappa shape index (κ2) is 8.59. The number of rotatable bonds is 5. The fraction of sp³-hybridized carbons (Fsp3) is 0.652. The SMILES string of the molecule is N#CC1(NC(=O)CSc2nc3sc4c(c3c(=O)n2C2CCCC2)CCCC4)CCCC1. The Kier molecular flexibility index (Phi) is 5.82. The molecule has 3 aliphatic rings. The van der Waals surface area contributed by atoms with E-state index in [1.165, 1.54) is 28.6 Å². The first-order valence-corrected chi connectivity index (χ1v) is 13.3. The van der Waals surface area contributed by atoms with Crippen LogP contribution in [0.4, 0.5) is 0 Å². The molecule has 6 nitrogen and oxygen atoms in total. The Hall–Kier alpha value is -1.85. The third-order valence-electron chi connectivity index (χ3n) is 7.06. The number of thioether (sulfide) groups is 1. The zero-order chi connectivity index (χ0) is 21.4. The molecule has 2 fully saturated rings. The lowest BCUT2D eigenvalue weighted by atomic mass is 9.97. The van der Waals surface area contributed by atoms with E-state index < -0.39 is 5.54 Å². The van der Waals surface area contributed by atoms with Gasteiger partial charge in [0.1, 0.15) is 10.4 Å². The number of aryl methyl sites for hydroxylation is 2. The maximum atomic E-state index is 13.7. The minimum Gasteiger partial charge on any atom is -0.337 e. The van der Waals surface area contributed by atoms with Gasteiger partial charge in [-0.05, 0) is 69.8 Å². The maximum absolute atomic E-state index is 13.7. The van der Waals surface area contributed by atoms with Crippen molar-refractivity contribution in [3.63, 3.8) is 0 Å². The number of hydrogen-bond acceptors (Lipinski definition) is 6. The highest BCUT2D eigenvalue weighted by molar-refractivity contribution is 7.99. The summed E-state index contributed by atoms with van der Waals surface area (Å²) in [4.78, 5) is 33.4. The van der Waals surface area contributed by atoms with Crippen molar-refractivity contribution in [2.45, 2.75) is 93.8 Å². The number of nitrogens with one attached hydrogen (secondary N) is 1. The van der Waals surface area contributed by atoms with E-state index >= 15 is 0 Å². The van der Waals surface area contributed by atoms with Crippen molar-refractivity contribution in [1.29, 1.82) is 5.26 Å². The van der Waals surface area contributed by atoms with Crippen LogP contribution in [0.1, 0.15) is 80.7 Å². The Morgan fingerprint density at radius 2 is 1.94 bits per heavy atom. The molecule has 1 amide bonds. The molecule has 8 heteroatoms. The van der Waals surface area contributed by atoms with E-state index in [1.807, 2.05) is 4.57 Å². The fourth-order valence-electron chi connectivity index (χ4n) is 5.46. The van der Waals surface area contributed by atoms with Gasteiger partial charge in [-0.1, -0.05) is 24.6 Å². The summed E-state index contributed by atoms with van der Waals surface area (Å²) in [6.45, 7) is 0. The highest BCUT2D eigenvalue weighted by atomic mass is 32.2. The van der Waals surface area contributed by atoms with Crippen LogP contribution in [0.5, 0.6) is 0 Å². The quantitative estimate of drug-likeness (QED) is 0.529. The van der Waals surface area contributed by atoms with Crippen molar-refractivity contribution in [3.05, 3.63) is 20.8 Å². The highest BCUT2D eigenvalue weighted by Gasteiger charge is 2.35. The van der Waals surface area contributed by atoms with E-state index in [1.54, 1.807) is 11.3 Å². The number of nitriles is 1. The normalized spacial score (nSPS) is 20.6. The van der Waals surface area contributed by atoms with Crippen LogP contribution in [0.25, 0.3) is 10.2 Å². The number of fused-ring (bicyclic) bond motifs is 3. The number of aromatic nitrogens is 2. The molecule has 1 N–H and O–H groups in total. The van der Waals surface area contributed by atoms with Crippen LogP contribution in [-0.4, -0.2) is 26.8 Å². The summed E-state index contributed by atoms with van der Waals surface area (Å²) in [5, 5.41) is 14.0. The van der Waals surface area contributed by atoms with Gasteiger partial charge >= 0.3 is 0 Å². The van der Waals surface area contributed by atoms with E-state index in [9.17, 15) is 14.9 Å². The summed E-state index contributed by atoms with van der Waals surface area (Å²) in [5.74, 6) is 0.0327. The summed E-state index contributed by atoms with van der Waals surface area (Å²) in [5.41, 5.74) is 0.595. The standard InChI is InChI=1S/C23H28N4O2S2/c24-14-23(11-5-6-12-23)26-18(28)13-30-22-25-20-19(16-9-3-4-10-17(16)31-20)21(29)27(22)15-7-1-2-8-15/h15H,1-13H2,(H,26,28). The lowest BCUT2D eigenvalue weighted by Gasteiger charge is -2.22. The van der Waals surface area contributed by atoms with Crippen LogP contribution < -0.4 is 10.9 Å². The van der Waals surface area contributed by atoms with Crippen molar-refractivity contribution in [2.75, 3.05) is 5.75 Å². The average molecular weight is 457 g/mol. The molecule has 164 valence electrons. The zero-order valence-corrected chi connectivity index (χ0v) is 19.4. The lowest BCUT2D eigenvalue weighted by Crippen LogP contribution is -2.45. The number of thiophene rings is 1. The molecule has 0 radical (unpaired) electrons. The van der Waals surface area contributed by atoms with E-state index in [4.69, 9.17) is 4.98 Å². The Morgan fingerprint density at radius 3 is 2.68 bits per heavy atom. The molecule has 0 unspecified atom stereocenters. The molecule has 2 aromatic heterocycles. The van der Waals surface area contributed by atoms with E-state index in [0.29, 0.717) is 5.16 Å². The van der Waals surface area contributed by atoms with Crippen LogP contribution in [0.3, 0.4) is 0 Å². The summed E-state index contributed by atoms with van der Waals surface area (Å²) in [6, 6.07) is 2.49.